The second-order valence-corrected chi connectivity index (χ2v) is 5.31. The summed E-state index contributed by atoms with van der Waals surface area (Å²) in [5.41, 5.74) is 0.318. The molecule has 1 saturated heterocycles. The molecule has 7 heteroatoms. The summed E-state index contributed by atoms with van der Waals surface area (Å²) in [6.07, 6.45) is 3.27. The first-order valence-corrected chi connectivity index (χ1v) is 7.16. The van der Waals surface area contributed by atoms with Crippen LogP contribution in [0.15, 0.2) is 12.1 Å². The first-order valence-electron chi connectivity index (χ1n) is 7.16. The zero-order chi connectivity index (χ0) is 15.4. The number of aryl methyl sites for hydroxylation is 1. The van der Waals surface area contributed by atoms with Crippen molar-refractivity contribution in [2.45, 2.75) is 39.2 Å². The van der Waals surface area contributed by atoms with E-state index >= 15 is 0 Å². The van der Waals surface area contributed by atoms with Crippen molar-refractivity contribution < 1.29 is 9.72 Å². The number of pyridine rings is 1. The number of rotatable bonds is 4. The number of hydrogen-bond donors (Lipinski definition) is 1. The Morgan fingerprint density at radius 3 is 2.62 bits per heavy atom. The van der Waals surface area contributed by atoms with Gasteiger partial charge < -0.3 is 10.2 Å². The van der Waals surface area contributed by atoms with Crippen molar-refractivity contribution in [2.24, 2.45) is 0 Å². The molecule has 1 atom stereocenters. The van der Waals surface area contributed by atoms with Gasteiger partial charge in [0.25, 0.3) is 5.69 Å². The molecular formula is C14H20N4O3. The number of nitrogens with zero attached hydrogens (tertiary/aromatic N) is 3. The summed E-state index contributed by atoms with van der Waals surface area (Å²) in [7, 11) is 0. The molecule has 2 heterocycles. The molecule has 0 aromatic carbocycles. The Morgan fingerprint density at radius 2 is 2.05 bits per heavy atom. The molecule has 2 rings (SSSR count). The molecule has 7 nitrogen and oxygen atoms in total. The van der Waals surface area contributed by atoms with Gasteiger partial charge in [-0.15, -0.1) is 0 Å². The lowest BCUT2D eigenvalue weighted by Crippen LogP contribution is -2.44. The van der Waals surface area contributed by atoms with E-state index in [-0.39, 0.29) is 11.6 Å². The fraction of sp³-hybridized carbons (Fsp3) is 0.571. The predicted octanol–water partition coefficient (Wildman–Crippen LogP) is 2.11. The Kier molecular flexibility index (Phi) is 4.72. The van der Waals surface area contributed by atoms with Crippen LogP contribution in [0.1, 0.15) is 31.9 Å². The van der Waals surface area contributed by atoms with Crippen LogP contribution in [-0.4, -0.2) is 39.8 Å². The molecular weight excluding hydrogens is 272 g/mol. The van der Waals surface area contributed by atoms with Crippen LogP contribution >= 0.6 is 0 Å². The average molecular weight is 292 g/mol. The van der Waals surface area contributed by atoms with Gasteiger partial charge in [0.05, 0.1) is 4.92 Å². The molecule has 114 valence electrons. The number of nitrogens with one attached hydrogen (secondary N) is 1. The van der Waals surface area contributed by atoms with Crippen molar-refractivity contribution in [1.82, 2.24) is 9.88 Å². The molecule has 0 saturated carbocycles. The van der Waals surface area contributed by atoms with Crippen LogP contribution in [0.4, 0.5) is 11.5 Å². The molecule has 0 bridgehead atoms. The third kappa shape index (κ3) is 3.68. The summed E-state index contributed by atoms with van der Waals surface area (Å²) in [5.74, 6) is 0.531. The third-order valence-electron chi connectivity index (χ3n) is 3.66. The lowest BCUT2D eigenvalue weighted by Gasteiger charge is -2.29. The van der Waals surface area contributed by atoms with Crippen LogP contribution in [0.3, 0.4) is 0 Å². The Bertz CT molecular complexity index is 541. The van der Waals surface area contributed by atoms with Crippen molar-refractivity contribution in [3.05, 3.63) is 27.9 Å². The van der Waals surface area contributed by atoms with Crippen LogP contribution in [0.25, 0.3) is 0 Å². The zero-order valence-corrected chi connectivity index (χ0v) is 12.3. The summed E-state index contributed by atoms with van der Waals surface area (Å²) < 4.78 is 0. The van der Waals surface area contributed by atoms with E-state index in [0.717, 1.165) is 25.9 Å². The van der Waals surface area contributed by atoms with E-state index in [4.69, 9.17) is 0 Å². The minimum atomic E-state index is -0.464. The van der Waals surface area contributed by atoms with Gasteiger partial charge in [-0.25, -0.2) is 4.98 Å². The van der Waals surface area contributed by atoms with Gasteiger partial charge in [0.15, 0.2) is 0 Å². The number of carbonyl (C=O) groups excluding carboxylic acids is 1. The fourth-order valence-electron chi connectivity index (χ4n) is 2.50. The molecule has 21 heavy (non-hydrogen) atoms. The predicted molar refractivity (Wildman–Crippen MR) is 79.1 cm³/mol. The maximum absolute atomic E-state index is 12.3. The highest BCUT2D eigenvalue weighted by Crippen LogP contribution is 2.19. The number of carbonyl (C=O) groups is 1. The van der Waals surface area contributed by atoms with Crippen molar-refractivity contribution in [3.8, 4) is 0 Å². The van der Waals surface area contributed by atoms with Crippen LogP contribution in [0.2, 0.25) is 0 Å². The highest BCUT2D eigenvalue weighted by molar-refractivity contribution is 5.84. The normalized spacial score (nSPS) is 16.4. The quantitative estimate of drug-likeness (QED) is 0.678. The van der Waals surface area contributed by atoms with Crippen LogP contribution in [0, 0.1) is 17.0 Å². The molecule has 1 aliphatic heterocycles. The smallest absolute Gasteiger partial charge is 0.290 e. The molecule has 1 N–H and O–H groups in total. The SMILES string of the molecule is Cc1nc(NC(C)C(=O)N2CCCCC2)ccc1[N+](=O)[O-]. The van der Waals surface area contributed by atoms with E-state index in [1.54, 1.807) is 13.8 Å². The number of aromatic nitrogens is 1. The van der Waals surface area contributed by atoms with Gasteiger partial charge in [-0.2, -0.15) is 0 Å². The topological polar surface area (TPSA) is 88.4 Å². The summed E-state index contributed by atoms with van der Waals surface area (Å²) in [5, 5.41) is 13.8. The standard InChI is InChI=1S/C14H20N4O3/c1-10-12(18(20)21)6-7-13(15-10)16-11(2)14(19)17-8-4-3-5-9-17/h6-7,11H,3-5,8-9H2,1-2H3,(H,15,16). The van der Waals surface area contributed by atoms with Crippen LogP contribution in [0.5, 0.6) is 0 Å². The molecule has 1 aliphatic rings. The van der Waals surface area contributed by atoms with Gasteiger partial charge in [-0.05, 0) is 39.2 Å². The molecule has 0 aliphatic carbocycles. The number of amides is 1. The van der Waals surface area contributed by atoms with Crippen molar-refractivity contribution in [3.63, 3.8) is 0 Å². The maximum atomic E-state index is 12.3. The van der Waals surface area contributed by atoms with Gasteiger partial charge in [0.2, 0.25) is 5.91 Å². The molecule has 0 spiro atoms. The lowest BCUT2D eigenvalue weighted by molar-refractivity contribution is -0.385. The first-order chi connectivity index (χ1) is 9.99. The van der Waals surface area contributed by atoms with Gasteiger partial charge >= 0.3 is 0 Å². The van der Waals surface area contributed by atoms with Crippen LogP contribution in [-0.2, 0) is 4.79 Å². The maximum Gasteiger partial charge on any atom is 0.290 e. The van der Waals surface area contributed by atoms with Gasteiger partial charge in [0, 0.05) is 19.2 Å². The molecule has 0 radical (unpaired) electrons. The Labute approximate surface area is 123 Å². The van der Waals surface area contributed by atoms with Gasteiger partial charge in [0.1, 0.15) is 17.6 Å². The Hall–Kier alpha value is -2.18. The second-order valence-electron chi connectivity index (χ2n) is 5.31. The fourth-order valence-corrected chi connectivity index (χ4v) is 2.50. The van der Waals surface area contributed by atoms with E-state index in [1.807, 2.05) is 4.90 Å². The van der Waals surface area contributed by atoms with Crippen molar-refractivity contribution in [2.75, 3.05) is 18.4 Å². The highest BCUT2D eigenvalue weighted by atomic mass is 16.6. The van der Waals surface area contributed by atoms with Crippen molar-refractivity contribution >= 4 is 17.4 Å². The van der Waals surface area contributed by atoms with E-state index in [1.165, 1.54) is 18.6 Å². The zero-order valence-electron chi connectivity index (χ0n) is 12.3. The molecule has 1 aromatic rings. The number of likely N-dealkylation sites (tertiary alicyclic amines) is 1. The summed E-state index contributed by atoms with van der Waals surface area (Å²) in [6.45, 7) is 4.98. The monoisotopic (exact) mass is 292 g/mol. The number of anilines is 1. The van der Waals surface area contributed by atoms with Crippen molar-refractivity contribution in [1.29, 1.82) is 0 Å². The molecule has 1 unspecified atom stereocenters. The van der Waals surface area contributed by atoms with E-state index < -0.39 is 11.0 Å². The summed E-state index contributed by atoms with van der Waals surface area (Å²) >= 11 is 0. The minimum Gasteiger partial charge on any atom is -0.359 e. The summed E-state index contributed by atoms with van der Waals surface area (Å²) in [4.78, 5) is 28.6. The molecule has 1 amide bonds. The molecule has 1 aromatic heterocycles. The summed E-state index contributed by atoms with van der Waals surface area (Å²) in [6, 6.07) is 2.55. The third-order valence-corrected chi connectivity index (χ3v) is 3.66. The van der Waals surface area contributed by atoms with E-state index in [2.05, 4.69) is 10.3 Å². The number of piperidine rings is 1. The first kappa shape index (κ1) is 15.2. The van der Waals surface area contributed by atoms with Gasteiger partial charge in [-0.3, -0.25) is 14.9 Å². The van der Waals surface area contributed by atoms with Gasteiger partial charge in [-0.1, -0.05) is 0 Å². The molecule has 1 fully saturated rings. The average Bonchev–Trinajstić information content (AvgIpc) is 2.47. The van der Waals surface area contributed by atoms with E-state index in [9.17, 15) is 14.9 Å². The number of hydrogen-bond acceptors (Lipinski definition) is 5. The second kappa shape index (κ2) is 6.51. The minimum absolute atomic E-state index is 0.0180. The van der Waals surface area contributed by atoms with Crippen LogP contribution < -0.4 is 5.32 Å². The Balaban J connectivity index is 2.01. The largest absolute Gasteiger partial charge is 0.359 e. The van der Waals surface area contributed by atoms with E-state index in [0.29, 0.717) is 11.5 Å². The number of nitro groups is 1. The lowest BCUT2D eigenvalue weighted by atomic mass is 10.1. The highest BCUT2D eigenvalue weighted by Gasteiger charge is 2.22. The Morgan fingerprint density at radius 1 is 1.38 bits per heavy atom.